The summed E-state index contributed by atoms with van der Waals surface area (Å²) in [4.78, 5) is 26.3. The lowest BCUT2D eigenvalue weighted by Gasteiger charge is -2.33. The Morgan fingerprint density at radius 1 is 1.17 bits per heavy atom. The van der Waals surface area contributed by atoms with Crippen LogP contribution < -0.4 is 4.74 Å². The van der Waals surface area contributed by atoms with Crippen LogP contribution in [0.1, 0.15) is 24.5 Å². The van der Waals surface area contributed by atoms with E-state index in [0.717, 1.165) is 16.0 Å². The van der Waals surface area contributed by atoms with E-state index in [4.69, 9.17) is 21.7 Å². The molecule has 0 spiro atoms. The average molecular weight is 428 g/mol. The molecule has 2 aliphatic rings. The number of thiocarbonyl (C=S) groups is 1. The maximum absolute atomic E-state index is 12.3. The van der Waals surface area contributed by atoms with Crippen LogP contribution in [0.25, 0.3) is 0 Å². The standard InChI is InChI=1S/C21H17NO5S2/c1-12(23)26-20(25)18-21(29-17-11-16(24)22(17)18)27-15-9-7-14(8-10-15)19(28)13-5-3-2-4-6-13/h2-10,12,17,23H,11H2,1H3/t12-,17-/m1/s1. The number of benzene rings is 2. The van der Waals surface area contributed by atoms with Crippen molar-refractivity contribution in [3.8, 4) is 5.75 Å². The Bertz CT molecular complexity index is 1000. The molecule has 2 heterocycles. The van der Waals surface area contributed by atoms with Gasteiger partial charge in [-0.2, -0.15) is 0 Å². The number of carbonyl (C=O) groups is 2. The fourth-order valence-corrected chi connectivity index (χ4v) is 4.54. The van der Waals surface area contributed by atoms with Gasteiger partial charge in [-0.05, 0) is 42.3 Å². The van der Waals surface area contributed by atoms with Crippen LogP contribution in [0.5, 0.6) is 5.75 Å². The van der Waals surface area contributed by atoms with E-state index in [2.05, 4.69) is 0 Å². The van der Waals surface area contributed by atoms with Crippen molar-refractivity contribution in [2.45, 2.75) is 25.0 Å². The van der Waals surface area contributed by atoms with Gasteiger partial charge in [-0.15, -0.1) is 0 Å². The number of ether oxygens (including phenoxy) is 2. The molecule has 0 aromatic heterocycles. The van der Waals surface area contributed by atoms with Gasteiger partial charge in [-0.1, -0.05) is 54.3 Å². The Morgan fingerprint density at radius 3 is 2.45 bits per heavy atom. The maximum Gasteiger partial charge on any atom is 0.361 e. The Morgan fingerprint density at radius 2 is 1.83 bits per heavy atom. The molecule has 2 aromatic rings. The minimum atomic E-state index is -1.28. The van der Waals surface area contributed by atoms with Crippen LogP contribution in [0, 0.1) is 0 Å². The first-order chi connectivity index (χ1) is 13.9. The van der Waals surface area contributed by atoms with E-state index in [1.807, 2.05) is 42.5 Å². The summed E-state index contributed by atoms with van der Waals surface area (Å²) in [6.45, 7) is 1.32. The average Bonchev–Trinajstić information content (AvgIpc) is 3.00. The lowest BCUT2D eigenvalue weighted by molar-refractivity contribution is -0.165. The van der Waals surface area contributed by atoms with Crippen LogP contribution in [0.3, 0.4) is 0 Å². The van der Waals surface area contributed by atoms with Crippen LogP contribution in [0.15, 0.2) is 65.4 Å². The fourth-order valence-electron chi connectivity index (χ4n) is 3.03. The molecule has 1 fully saturated rings. The Kier molecular flexibility index (Phi) is 5.40. The molecule has 0 radical (unpaired) electrons. The molecule has 6 nitrogen and oxygen atoms in total. The smallest absolute Gasteiger partial charge is 0.361 e. The number of aliphatic hydroxyl groups excluding tert-OH is 1. The van der Waals surface area contributed by atoms with Gasteiger partial charge in [0.2, 0.25) is 5.91 Å². The summed E-state index contributed by atoms with van der Waals surface area (Å²) >= 11 is 6.82. The lowest BCUT2D eigenvalue weighted by atomic mass is 10.0. The van der Waals surface area contributed by atoms with Crippen molar-refractivity contribution in [2.24, 2.45) is 0 Å². The van der Waals surface area contributed by atoms with Crippen LogP contribution in [-0.4, -0.2) is 38.4 Å². The molecule has 148 valence electrons. The Hall–Kier alpha value is -2.68. The molecule has 29 heavy (non-hydrogen) atoms. The fraction of sp³-hybridized carbons (Fsp3) is 0.190. The van der Waals surface area contributed by atoms with E-state index in [-0.39, 0.29) is 22.1 Å². The molecule has 1 amide bonds. The van der Waals surface area contributed by atoms with Crippen molar-refractivity contribution in [3.63, 3.8) is 0 Å². The number of aliphatic hydroxyl groups is 1. The first-order valence-electron chi connectivity index (χ1n) is 8.94. The third kappa shape index (κ3) is 3.91. The normalized spacial score (nSPS) is 18.8. The molecule has 4 rings (SSSR count). The molecule has 2 atom stereocenters. The van der Waals surface area contributed by atoms with E-state index in [1.54, 1.807) is 12.1 Å². The third-order valence-corrected chi connectivity index (χ3v) is 6.03. The molecular weight excluding hydrogens is 410 g/mol. The summed E-state index contributed by atoms with van der Waals surface area (Å²) in [5.74, 6) is -0.466. The number of esters is 1. The first-order valence-corrected chi connectivity index (χ1v) is 10.2. The van der Waals surface area contributed by atoms with Gasteiger partial charge in [0.1, 0.15) is 5.75 Å². The Balaban J connectivity index is 1.55. The van der Waals surface area contributed by atoms with Crippen LogP contribution in [0.2, 0.25) is 0 Å². The van der Waals surface area contributed by atoms with Gasteiger partial charge >= 0.3 is 5.97 Å². The molecule has 0 unspecified atom stereocenters. The predicted octanol–water partition coefficient (Wildman–Crippen LogP) is 3.19. The van der Waals surface area contributed by atoms with Gasteiger partial charge in [0, 0.05) is 0 Å². The van der Waals surface area contributed by atoms with Gasteiger partial charge in [0.25, 0.3) is 0 Å². The number of thioether (sulfide) groups is 1. The second-order valence-electron chi connectivity index (χ2n) is 6.50. The maximum atomic E-state index is 12.3. The van der Waals surface area contributed by atoms with Gasteiger partial charge in [0.15, 0.2) is 17.1 Å². The van der Waals surface area contributed by atoms with Crippen LogP contribution in [0.4, 0.5) is 0 Å². The van der Waals surface area contributed by atoms with Crippen molar-refractivity contribution in [1.29, 1.82) is 0 Å². The molecule has 2 aromatic carbocycles. The van der Waals surface area contributed by atoms with Crippen molar-refractivity contribution in [1.82, 2.24) is 4.90 Å². The van der Waals surface area contributed by atoms with E-state index in [0.29, 0.717) is 12.2 Å². The highest BCUT2D eigenvalue weighted by atomic mass is 32.2. The van der Waals surface area contributed by atoms with Crippen molar-refractivity contribution in [2.75, 3.05) is 0 Å². The molecule has 0 bridgehead atoms. The molecule has 1 N–H and O–H groups in total. The van der Waals surface area contributed by atoms with E-state index in [1.165, 1.54) is 23.6 Å². The number of amides is 1. The summed E-state index contributed by atoms with van der Waals surface area (Å²) in [5, 5.41) is 9.44. The molecule has 1 saturated heterocycles. The summed E-state index contributed by atoms with van der Waals surface area (Å²) in [7, 11) is 0. The van der Waals surface area contributed by atoms with Crippen LogP contribution >= 0.6 is 24.0 Å². The van der Waals surface area contributed by atoms with Crippen molar-refractivity contribution >= 4 is 40.7 Å². The van der Waals surface area contributed by atoms with Gasteiger partial charge in [-0.25, -0.2) is 4.79 Å². The summed E-state index contributed by atoms with van der Waals surface area (Å²) in [6, 6.07) is 16.9. The molecule has 0 aliphatic carbocycles. The Labute approximate surface area is 177 Å². The molecular formula is C21H17NO5S2. The van der Waals surface area contributed by atoms with Gasteiger partial charge in [-0.3, -0.25) is 9.69 Å². The number of fused-ring (bicyclic) bond motifs is 1. The van der Waals surface area contributed by atoms with E-state index in [9.17, 15) is 14.7 Å². The SMILES string of the molecule is C[C@H](O)OC(=O)C1=C(Oc2ccc(C(=S)c3ccccc3)cc2)S[C@@H]2CC(=O)N12. The minimum absolute atomic E-state index is 0.0287. The summed E-state index contributed by atoms with van der Waals surface area (Å²) in [6.07, 6.45) is -0.956. The zero-order valence-corrected chi connectivity index (χ0v) is 17.0. The zero-order chi connectivity index (χ0) is 20.5. The van der Waals surface area contributed by atoms with E-state index < -0.39 is 12.3 Å². The summed E-state index contributed by atoms with van der Waals surface area (Å²) in [5.41, 5.74) is 1.86. The molecule has 2 aliphatic heterocycles. The number of β-lactam (4-membered cyclic amide) rings is 1. The lowest BCUT2D eigenvalue weighted by Crippen LogP contribution is -2.48. The molecule has 8 heteroatoms. The highest BCUT2D eigenvalue weighted by Gasteiger charge is 2.50. The summed E-state index contributed by atoms with van der Waals surface area (Å²) < 4.78 is 10.7. The number of hydrogen-bond donors (Lipinski definition) is 1. The minimum Gasteiger partial charge on any atom is -0.448 e. The van der Waals surface area contributed by atoms with Gasteiger partial charge < -0.3 is 14.6 Å². The predicted molar refractivity (Wildman–Crippen MR) is 112 cm³/mol. The largest absolute Gasteiger partial charge is 0.448 e. The van der Waals surface area contributed by atoms with Crippen LogP contribution in [-0.2, 0) is 14.3 Å². The second kappa shape index (κ2) is 7.98. The number of rotatable bonds is 6. The van der Waals surface area contributed by atoms with Crippen molar-refractivity contribution in [3.05, 3.63) is 76.5 Å². The zero-order valence-electron chi connectivity index (χ0n) is 15.4. The third-order valence-electron chi connectivity index (χ3n) is 4.42. The quantitative estimate of drug-likeness (QED) is 0.249. The van der Waals surface area contributed by atoms with Crippen molar-refractivity contribution < 1.29 is 24.2 Å². The molecule has 0 saturated carbocycles. The first kappa shape index (κ1) is 19.6. The topological polar surface area (TPSA) is 76.1 Å². The monoisotopic (exact) mass is 427 g/mol. The number of nitrogens with zero attached hydrogens (tertiary/aromatic N) is 1. The highest BCUT2D eigenvalue weighted by Crippen LogP contribution is 2.47. The second-order valence-corrected chi connectivity index (χ2v) is 8.06. The number of hydrogen-bond acceptors (Lipinski definition) is 7. The number of carbonyl (C=O) groups excluding carboxylic acids is 2. The van der Waals surface area contributed by atoms with Gasteiger partial charge in [0.05, 0.1) is 16.7 Å². The van der Waals surface area contributed by atoms with E-state index >= 15 is 0 Å². The highest BCUT2D eigenvalue weighted by molar-refractivity contribution is 8.03.